The number of nitrogens with zero attached hydrogens (tertiary/aromatic N) is 1. The van der Waals surface area contributed by atoms with Gasteiger partial charge in [-0.2, -0.15) is 0 Å². The highest BCUT2D eigenvalue weighted by molar-refractivity contribution is 5.57. The van der Waals surface area contributed by atoms with E-state index < -0.39 is 0 Å². The van der Waals surface area contributed by atoms with Crippen LogP contribution in [0.25, 0.3) is 0 Å². The largest absolute Gasteiger partial charge is 0.316 e. The van der Waals surface area contributed by atoms with Crippen LogP contribution in [0, 0.1) is 0 Å². The van der Waals surface area contributed by atoms with Gasteiger partial charge < -0.3 is 5.32 Å². The molecule has 0 spiro atoms. The number of unbranched alkanes of at least 4 members (excludes halogenated alkanes) is 9. The highest BCUT2D eigenvalue weighted by Crippen LogP contribution is 2.10. The predicted molar refractivity (Wildman–Crippen MR) is 93.0 cm³/mol. The van der Waals surface area contributed by atoms with Crippen LogP contribution in [-0.2, 0) is 0 Å². The summed E-state index contributed by atoms with van der Waals surface area (Å²) in [4.78, 5) is 4.47. The van der Waals surface area contributed by atoms with Crippen molar-refractivity contribution in [2.24, 2.45) is 4.99 Å². The molecule has 20 heavy (non-hydrogen) atoms. The first-order valence-corrected chi connectivity index (χ1v) is 9.10. The molecular formula is C18H38N2. The van der Waals surface area contributed by atoms with Crippen molar-refractivity contribution >= 4 is 6.21 Å². The fraction of sp³-hybridized carbons (Fsp3) is 0.944. The van der Waals surface area contributed by atoms with Gasteiger partial charge in [-0.05, 0) is 32.0 Å². The molecule has 0 heterocycles. The van der Waals surface area contributed by atoms with Gasteiger partial charge in [0.1, 0.15) is 0 Å². The fourth-order valence-electron chi connectivity index (χ4n) is 2.34. The van der Waals surface area contributed by atoms with E-state index in [2.05, 4.69) is 30.4 Å². The summed E-state index contributed by atoms with van der Waals surface area (Å²) in [5.41, 5.74) is 0. The zero-order valence-electron chi connectivity index (χ0n) is 14.1. The first kappa shape index (κ1) is 19.6. The van der Waals surface area contributed by atoms with Gasteiger partial charge in [0.15, 0.2) is 0 Å². The van der Waals surface area contributed by atoms with E-state index in [-0.39, 0.29) is 0 Å². The standard InChI is InChI=1S/C18H38N2/c1-3-5-6-7-8-9-10-11-12-13-16-20-18-14-17-19-15-4-2/h18-19H,3-17H2,1-2H3. The van der Waals surface area contributed by atoms with Gasteiger partial charge in [0.05, 0.1) is 0 Å². The Kier molecular flexibility index (Phi) is 18.3. The topological polar surface area (TPSA) is 24.4 Å². The van der Waals surface area contributed by atoms with Crippen LogP contribution in [0.3, 0.4) is 0 Å². The fourth-order valence-corrected chi connectivity index (χ4v) is 2.34. The molecule has 0 aromatic heterocycles. The third-order valence-electron chi connectivity index (χ3n) is 3.65. The molecule has 0 rings (SSSR count). The van der Waals surface area contributed by atoms with Crippen LogP contribution in [0.1, 0.15) is 90.9 Å². The van der Waals surface area contributed by atoms with Crippen LogP contribution in [-0.4, -0.2) is 25.8 Å². The van der Waals surface area contributed by atoms with Gasteiger partial charge in [-0.1, -0.05) is 71.6 Å². The van der Waals surface area contributed by atoms with Gasteiger partial charge in [-0.15, -0.1) is 0 Å². The molecular weight excluding hydrogens is 244 g/mol. The van der Waals surface area contributed by atoms with Crippen LogP contribution in [0.2, 0.25) is 0 Å². The van der Waals surface area contributed by atoms with E-state index in [1.807, 2.05) is 0 Å². The monoisotopic (exact) mass is 282 g/mol. The molecule has 2 nitrogen and oxygen atoms in total. The van der Waals surface area contributed by atoms with Crippen molar-refractivity contribution in [3.8, 4) is 0 Å². The summed E-state index contributed by atoms with van der Waals surface area (Å²) in [6.07, 6.45) is 18.4. The number of rotatable bonds is 16. The molecule has 120 valence electrons. The molecule has 0 aliphatic heterocycles. The van der Waals surface area contributed by atoms with E-state index in [0.29, 0.717) is 0 Å². The first-order valence-electron chi connectivity index (χ1n) is 9.10. The van der Waals surface area contributed by atoms with E-state index in [4.69, 9.17) is 0 Å². The van der Waals surface area contributed by atoms with Crippen LogP contribution >= 0.6 is 0 Å². The number of hydrogen-bond donors (Lipinski definition) is 1. The Bertz CT molecular complexity index is 190. The maximum Gasteiger partial charge on any atom is 0.0385 e. The molecule has 0 unspecified atom stereocenters. The van der Waals surface area contributed by atoms with Crippen molar-refractivity contribution in [2.45, 2.75) is 90.9 Å². The molecule has 0 aliphatic rings. The minimum absolute atomic E-state index is 1.03. The molecule has 2 heteroatoms. The van der Waals surface area contributed by atoms with E-state index in [0.717, 1.165) is 26.1 Å². The molecule has 0 radical (unpaired) electrons. The van der Waals surface area contributed by atoms with Gasteiger partial charge in [0.2, 0.25) is 0 Å². The van der Waals surface area contributed by atoms with E-state index in [1.165, 1.54) is 70.6 Å². The maximum atomic E-state index is 4.47. The normalized spacial score (nSPS) is 11.5. The van der Waals surface area contributed by atoms with Crippen LogP contribution in [0.15, 0.2) is 4.99 Å². The van der Waals surface area contributed by atoms with Crippen molar-refractivity contribution < 1.29 is 0 Å². The van der Waals surface area contributed by atoms with Crippen molar-refractivity contribution in [1.29, 1.82) is 0 Å². The second-order valence-corrected chi connectivity index (χ2v) is 5.81. The van der Waals surface area contributed by atoms with Gasteiger partial charge in [-0.25, -0.2) is 0 Å². The average Bonchev–Trinajstić information content (AvgIpc) is 2.47. The Hall–Kier alpha value is -0.370. The first-order chi connectivity index (χ1) is 9.91. The van der Waals surface area contributed by atoms with E-state index in [9.17, 15) is 0 Å². The van der Waals surface area contributed by atoms with Gasteiger partial charge in [-0.3, -0.25) is 4.99 Å². The SMILES string of the molecule is CCCCCCCCCCCCN=CCCNCCC. The molecule has 0 atom stereocenters. The molecule has 0 bridgehead atoms. The Morgan fingerprint density at radius 1 is 0.700 bits per heavy atom. The molecule has 0 saturated carbocycles. The lowest BCUT2D eigenvalue weighted by Crippen LogP contribution is -2.16. The second kappa shape index (κ2) is 18.6. The highest BCUT2D eigenvalue weighted by atomic mass is 14.8. The minimum Gasteiger partial charge on any atom is -0.316 e. The van der Waals surface area contributed by atoms with Crippen molar-refractivity contribution in [3.63, 3.8) is 0 Å². The van der Waals surface area contributed by atoms with Crippen molar-refractivity contribution in [1.82, 2.24) is 5.32 Å². The van der Waals surface area contributed by atoms with Crippen LogP contribution in [0.5, 0.6) is 0 Å². The lowest BCUT2D eigenvalue weighted by Gasteiger charge is -2.01. The summed E-state index contributed by atoms with van der Waals surface area (Å²) in [6.45, 7) is 7.72. The number of aliphatic imine (C=N–C) groups is 1. The summed E-state index contributed by atoms with van der Waals surface area (Å²) in [6, 6.07) is 0. The minimum atomic E-state index is 1.03. The summed E-state index contributed by atoms with van der Waals surface area (Å²) < 4.78 is 0. The van der Waals surface area contributed by atoms with Gasteiger partial charge in [0.25, 0.3) is 0 Å². The van der Waals surface area contributed by atoms with E-state index >= 15 is 0 Å². The highest BCUT2D eigenvalue weighted by Gasteiger charge is 1.92. The Labute approximate surface area is 127 Å². The van der Waals surface area contributed by atoms with Crippen molar-refractivity contribution in [3.05, 3.63) is 0 Å². The Morgan fingerprint density at radius 3 is 1.90 bits per heavy atom. The van der Waals surface area contributed by atoms with Crippen LogP contribution < -0.4 is 5.32 Å². The number of nitrogens with one attached hydrogen (secondary N) is 1. The van der Waals surface area contributed by atoms with Gasteiger partial charge >= 0.3 is 0 Å². The smallest absolute Gasteiger partial charge is 0.0385 e. The van der Waals surface area contributed by atoms with Gasteiger partial charge in [0, 0.05) is 13.1 Å². The zero-order chi connectivity index (χ0) is 14.7. The molecule has 0 saturated heterocycles. The number of hydrogen-bond acceptors (Lipinski definition) is 2. The Morgan fingerprint density at radius 2 is 1.30 bits per heavy atom. The van der Waals surface area contributed by atoms with Crippen LogP contribution in [0.4, 0.5) is 0 Å². The molecule has 0 aromatic rings. The third kappa shape index (κ3) is 17.6. The summed E-state index contributed by atoms with van der Waals surface area (Å²) >= 11 is 0. The molecule has 0 amide bonds. The lowest BCUT2D eigenvalue weighted by molar-refractivity contribution is 0.558. The Balaban J connectivity index is 3.00. The van der Waals surface area contributed by atoms with Crippen molar-refractivity contribution in [2.75, 3.05) is 19.6 Å². The molecule has 0 aliphatic carbocycles. The third-order valence-corrected chi connectivity index (χ3v) is 3.65. The molecule has 0 aromatic carbocycles. The quantitative estimate of drug-likeness (QED) is 0.299. The predicted octanol–water partition coefficient (Wildman–Crippen LogP) is 5.37. The second-order valence-electron chi connectivity index (χ2n) is 5.81. The summed E-state index contributed by atoms with van der Waals surface area (Å²) in [5, 5.41) is 3.39. The lowest BCUT2D eigenvalue weighted by atomic mass is 10.1. The van der Waals surface area contributed by atoms with E-state index in [1.54, 1.807) is 0 Å². The zero-order valence-corrected chi connectivity index (χ0v) is 14.1. The summed E-state index contributed by atoms with van der Waals surface area (Å²) in [7, 11) is 0. The maximum absolute atomic E-state index is 4.47. The average molecular weight is 283 g/mol. The molecule has 1 N–H and O–H groups in total. The molecule has 0 fully saturated rings. The summed E-state index contributed by atoms with van der Waals surface area (Å²) in [5.74, 6) is 0.